The first-order valence-corrected chi connectivity index (χ1v) is 5.04. The predicted octanol–water partition coefficient (Wildman–Crippen LogP) is 2.37. The van der Waals surface area contributed by atoms with Crippen LogP contribution in [0.3, 0.4) is 0 Å². The summed E-state index contributed by atoms with van der Waals surface area (Å²) in [6.07, 6.45) is 8.41. The fourth-order valence-electron chi connectivity index (χ4n) is 1.86. The van der Waals surface area contributed by atoms with Crippen LogP contribution >= 0.6 is 0 Å². The van der Waals surface area contributed by atoms with Gasteiger partial charge in [0.25, 0.3) is 6.34 Å². The zero-order chi connectivity index (χ0) is 10.3. The van der Waals surface area contributed by atoms with Gasteiger partial charge in [-0.15, -0.1) is 0 Å². The van der Waals surface area contributed by atoms with E-state index in [-0.39, 0.29) is 5.41 Å². The number of fused-ring (bicyclic) bond motifs is 1. The highest BCUT2D eigenvalue weighted by molar-refractivity contribution is 6.00. The van der Waals surface area contributed by atoms with Gasteiger partial charge >= 0.3 is 0 Å². The van der Waals surface area contributed by atoms with Crippen molar-refractivity contribution in [2.45, 2.75) is 33.7 Å². The molecule has 0 spiro atoms. The first kappa shape index (κ1) is 9.38. The van der Waals surface area contributed by atoms with Gasteiger partial charge in [-0.25, -0.2) is 4.58 Å². The van der Waals surface area contributed by atoms with Crippen LogP contribution in [-0.4, -0.2) is 22.7 Å². The van der Waals surface area contributed by atoms with E-state index in [4.69, 9.17) is 0 Å². The van der Waals surface area contributed by atoms with E-state index < -0.39 is 0 Å². The van der Waals surface area contributed by atoms with Crippen LogP contribution in [0.4, 0.5) is 0 Å². The molecule has 0 saturated carbocycles. The lowest BCUT2D eigenvalue weighted by molar-refractivity contribution is -0.461. The quantitative estimate of drug-likeness (QED) is 0.520. The Kier molecular flexibility index (Phi) is 1.95. The molecule has 1 unspecified atom stereocenters. The second-order valence-electron chi connectivity index (χ2n) is 5.00. The maximum Gasteiger partial charge on any atom is 0.287 e. The van der Waals surface area contributed by atoms with Crippen molar-refractivity contribution in [3.63, 3.8) is 0 Å². The number of hydrogen-bond acceptors (Lipinski definition) is 1. The molecule has 2 aliphatic rings. The Morgan fingerprint density at radius 3 is 2.71 bits per heavy atom. The highest BCUT2D eigenvalue weighted by atomic mass is 15.1. The van der Waals surface area contributed by atoms with E-state index >= 15 is 0 Å². The number of allylic oxidation sites excluding steroid dienone is 2. The predicted molar refractivity (Wildman–Crippen MR) is 59.9 cm³/mol. The summed E-state index contributed by atoms with van der Waals surface area (Å²) in [6.45, 7) is 8.77. The van der Waals surface area contributed by atoms with Crippen molar-refractivity contribution in [1.29, 1.82) is 0 Å². The van der Waals surface area contributed by atoms with Crippen molar-refractivity contribution in [2.24, 2.45) is 10.4 Å². The second-order valence-corrected chi connectivity index (χ2v) is 5.00. The zero-order valence-corrected chi connectivity index (χ0v) is 9.28. The van der Waals surface area contributed by atoms with Gasteiger partial charge in [-0.3, -0.25) is 0 Å². The van der Waals surface area contributed by atoms with Crippen molar-refractivity contribution in [3.8, 4) is 0 Å². The average Bonchev–Trinajstić information content (AvgIpc) is 2.45. The van der Waals surface area contributed by atoms with Gasteiger partial charge in [0.05, 0.1) is 6.20 Å². The Morgan fingerprint density at radius 1 is 1.36 bits per heavy atom. The number of rotatable bonds is 0. The molecular formula is C12H17N2+. The summed E-state index contributed by atoms with van der Waals surface area (Å²) >= 11 is 0. The lowest BCUT2D eigenvalue weighted by Gasteiger charge is -2.20. The Hall–Kier alpha value is -1.18. The first-order chi connectivity index (χ1) is 6.48. The van der Waals surface area contributed by atoms with E-state index in [1.807, 2.05) is 6.34 Å². The van der Waals surface area contributed by atoms with Crippen LogP contribution in [0.25, 0.3) is 0 Å². The van der Waals surface area contributed by atoms with Crippen LogP contribution in [0.1, 0.15) is 27.7 Å². The van der Waals surface area contributed by atoms with Gasteiger partial charge < -0.3 is 0 Å². The first-order valence-electron chi connectivity index (χ1n) is 5.04. The summed E-state index contributed by atoms with van der Waals surface area (Å²) in [7, 11) is 0. The third-order valence-electron chi connectivity index (χ3n) is 2.63. The SMILES string of the molecule is CC1=CC2C(C(C)(C)C)=NC=[N+]2C=C1. The molecule has 0 N–H and O–H groups in total. The van der Waals surface area contributed by atoms with Gasteiger partial charge in [0.15, 0.2) is 11.8 Å². The normalized spacial score (nSPS) is 25.4. The third kappa shape index (κ3) is 1.45. The third-order valence-corrected chi connectivity index (χ3v) is 2.63. The Morgan fingerprint density at radius 2 is 2.07 bits per heavy atom. The lowest BCUT2D eigenvalue weighted by atomic mass is 9.84. The number of hydrogen-bond donors (Lipinski definition) is 0. The van der Waals surface area contributed by atoms with Crippen LogP contribution in [-0.2, 0) is 0 Å². The van der Waals surface area contributed by atoms with Crippen LogP contribution in [0.15, 0.2) is 28.9 Å². The Bertz CT molecular complexity index is 376. The molecule has 0 aliphatic carbocycles. The molecular weight excluding hydrogens is 172 g/mol. The second kappa shape index (κ2) is 2.91. The van der Waals surface area contributed by atoms with Gasteiger partial charge in [0.2, 0.25) is 0 Å². The van der Waals surface area contributed by atoms with Gasteiger partial charge in [-0.2, -0.15) is 0 Å². The Balaban J connectivity index is 2.34. The minimum Gasteiger partial charge on any atom is -0.223 e. The van der Waals surface area contributed by atoms with E-state index in [1.54, 1.807) is 0 Å². The molecule has 2 heteroatoms. The van der Waals surface area contributed by atoms with E-state index in [2.05, 4.69) is 55.6 Å². The minimum absolute atomic E-state index is 0.151. The van der Waals surface area contributed by atoms with Crippen LogP contribution in [0.5, 0.6) is 0 Å². The molecule has 0 fully saturated rings. The summed E-state index contributed by atoms with van der Waals surface area (Å²) in [5.41, 5.74) is 2.72. The minimum atomic E-state index is 0.151. The molecule has 0 saturated heterocycles. The molecule has 0 aromatic carbocycles. The van der Waals surface area contributed by atoms with Crippen LogP contribution < -0.4 is 0 Å². The molecule has 2 aliphatic heterocycles. The summed E-state index contributed by atoms with van der Waals surface area (Å²) < 4.78 is 2.16. The fraction of sp³-hybridized carbons (Fsp3) is 0.500. The molecule has 2 heterocycles. The van der Waals surface area contributed by atoms with Crippen molar-refractivity contribution < 1.29 is 4.58 Å². The van der Waals surface area contributed by atoms with Crippen LogP contribution in [0.2, 0.25) is 0 Å². The van der Waals surface area contributed by atoms with Crippen molar-refractivity contribution in [2.75, 3.05) is 0 Å². The summed E-state index contributed by atoms with van der Waals surface area (Å²) in [5.74, 6) is 0. The molecule has 2 nitrogen and oxygen atoms in total. The smallest absolute Gasteiger partial charge is 0.223 e. The van der Waals surface area contributed by atoms with Gasteiger partial charge in [-0.1, -0.05) is 25.8 Å². The maximum absolute atomic E-state index is 4.51. The van der Waals surface area contributed by atoms with E-state index in [0.29, 0.717) is 6.04 Å². The molecule has 0 aromatic rings. The number of aliphatic imine (C=N–C) groups is 1. The molecule has 0 amide bonds. The largest absolute Gasteiger partial charge is 0.287 e. The highest BCUT2D eigenvalue weighted by Gasteiger charge is 2.38. The lowest BCUT2D eigenvalue weighted by Crippen LogP contribution is -2.35. The Labute approximate surface area is 85.4 Å². The summed E-state index contributed by atoms with van der Waals surface area (Å²) in [6, 6.07) is 0.347. The maximum atomic E-state index is 4.51. The van der Waals surface area contributed by atoms with Crippen LogP contribution in [0, 0.1) is 5.41 Å². The summed E-state index contributed by atoms with van der Waals surface area (Å²) in [5, 5.41) is 0. The molecule has 0 aromatic heterocycles. The standard InChI is InChI=1S/C12H17N2/c1-9-5-6-14-8-13-11(10(14)7-9)12(2,3)4/h5-8,10H,1-4H3/q+1. The van der Waals surface area contributed by atoms with Crippen molar-refractivity contribution in [1.82, 2.24) is 0 Å². The molecule has 1 atom stereocenters. The van der Waals surface area contributed by atoms with Gasteiger partial charge in [-0.05, 0) is 24.6 Å². The number of nitrogens with zero attached hydrogens (tertiary/aromatic N) is 2. The van der Waals surface area contributed by atoms with E-state index in [0.717, 1.165) is 0 Å². The molecule has 74 valence electrons. The summed E-state index contributed by atoms with van der Waals surface area (Å²) in [4.78, 5) is 4.51. The van der Waals surface area contributed by atoms with E-state index in [1.165, 1.54) is 11.3 Å². The van der Waals surface area contributed by atoms with Gasteiger partial charge in [0.1, 0.15) is 0 Å². The molecule has 0 bridgehead atoms. The monoisotopic (exact) mass is 189 g/mol. The topological polar surface area (TPSA) is 15.4 Å². The molecule has 14 heavy (non-hydrogen) atoms. The molecule has 2 rings (SSSR count). The van der Waals surface area contributed by atoms with Crippen molar-refractivity contribution >= 4 is 12.1 Å². The average molecular weight is 189 g/mol. The molecule has 0 radical (unpaired) electrons. The van der Waals surface area contributed by atoms with Crippen molar-refractivity contribution in [3.05, 3.63) is 23.9 Å². The zero-order valence-electron chi connectivity index (χ0n) is 9.28. The van der Waals surface area contributed by atoms with E-state index in [9.17, 15) is 0 Å². The highest BCUT2D eigenvalue weighted by Crippen LogP contribution is 2.25. The fourth-order valence-corrected chi connectivity index (χ4v) is 1.86. The van der Waals surface area contributed by atoms with Gasteiger partial charge in [0, 0.05) is 5.41 Å².